The maximum Gasteiger partial charge on any atom is 0.260 e. The number of aryl methyl sites for hydroxylation is 1. The molecule has 0 unspecified atom stereocenters. The number of hydrogen-bond acceptors (Lipinski definition) is 3. The molecule has 5 heteroatoms. The third-order valence-electron chi connectivity index (χ3n) is 2.29. The Kier molecular flexibility index (Phi) is 1.99. The smallest absolute Gasteiger partial charge is 0.260 e. The van der Waals surface area contributed by atoms with Crippen LogP contribution in [-0.4, -0.2) is 34.1 Å². The summed E-state index contributed by atoms with van der Waals surface area (Å²) in [6, 6.07) is 0. The predicted octanol–water partition coefficient (Wildman–Crippen LogP) is 0.312. The van der Waals surface area contributed by atoms with Crippen LogP contribution in [-0.2, 0) is 0 Å². The zero-order valence-electron chi connectivity index (χ0n) is 7.95. The Labute approximate surface area is 81.6 Å². The van der Waals surface area contributed by atoms with Crippen LogP contribution in [0, 0.1) is 6.92 Å². The number of amides is 1. The number of hydrogen-bond donors (Lipinski definition) is 2. The van der Waals surface area contributed by atoms with E-state index < -0.39 is 0 Å². The molecule has 5 nitrogen and oxygen atoms in total. The van der Waals surface area contributed by atoms with Gasteiger partial charge in [0.1, 0.15) is 5.56 Å². The van der Waals surface area contributed by atoms with E-state index in [4.69, 9.17) is 5.73 Å². The van der Waals surface area contributed by atoms with Crippen molar-refractivity contribution in [3.8, 4) is 0 Å². The number of aromatic amines is 1. The van der Waals surface area contributed by atoms with Crippen molar-refractivity contribution in [2.75, 3.05) is 18.8 Å². The Morgan fingerprint density at radius 3 is 2.71 bits per heavy atom. The number of nitrogen functional groups attached to an aromatic ring is 1. The lowest BCUT2D eigenvalue weighted by atomic mass is 10.2. The van der Waals surface area contributed by atoms with Crippen LogP contribution in [0.25, 0.3) is 0 Å². The maximum absolute atomic E-state index is 11.9. The van der Waals surface area contributed by atoms with Gasteiger partial charge in [-0.05, 0) is 6.92 Å². The summed E-state index contributed by atoms with van der Waals surface area (Å²) < 4.78 is 0. The zero-order valence-corrected chi connectivity index (χ0v) is 7.95. The van der Waals surface area contributed by atoms with Crippen molar-refractivity contribution in [1.82, 2.24) is 15.1 Å². The number of aromatic nitrogens is 2. The second-order valence-electron chi connectivity index (χ2n) is 3.29. The fraction of sp³-hybridized carbons (Fsp3) is 0.333. The summed E-state index contributed by atoms with van der Waals surface area (Å²) in [5.74, 6) is 0.221. The van der Waals surface area contributed by atoms with Gasteiger partial charge in [-0.25, -0.2) is 0 Å². The number of nitrogens with one attached hydrogen (secondary N) is 1. The minimum absolute atomic E-state index is 0.0567. The van der Waals surface area contributed by atoms with E-state index in [0.29, 0.717) is 18.7 Å². The molecular formula is C9H12N4O. The van der Waals surface area contributed by atoms with Crippen LogP contribution in [0.4, 0.5) is 5.82 Å². The Morgan fingerprint density at radius 2 is 2.21 bits per heavy atom. The third kappa shape index (κ3) is 1.26. The lowest BCUT2D eigenvalue weighted by Gasteiger charge is -2.14. The molecular weight excluding hydrogens is 180 g/mol. The van der Waals surface area contributed by atoms with Gasteiger partial charge in [-0.3, -0.25) is 9.89 Å². The monoisotopic (exact) mass is 192 g/mol. The Bertz CT molecular complexity index is 366. The van der Waals surface area contributed by atoms with Crippen LogP contribution in [0.15, 0.2) is 12.2 Å². The highest BCUT2D eigenvalue weighted by molar-refractivity contribution is 5.99. The minimum atomic E-state index is -0.0567. The van der Waals surface area contributed by atoms with Crippen LogP contribution in [0.2, 0.25) is 0 Å². The highest BCUT2D eigenvalue weighted by Crippen LogP contribution is 2.16. The second-order valence-corrected chi connectivity index (χ2v) is 3.29. The average Bonchev–Trinajstić information content (AvgIpc) is 2.75. The first-order valence-corrected chi connectivity index (χ1v) is 4.45. The Morgan fingerprint density at radius 1 is 1.57 bits per heavy atom. The van der Waals surface area contributed by atoms with Crippen molar-refractivity contribution in [2.45, 2.75) is 6.92 Å². The molecule has 0 fully saturated rings. The highest BCUT2D eigenvalue weighted by Gasteiger charge is 2.22. The number of anilines is 1. The standard InChI is InChI=1S/C9H12N4O/c1-6-7(8(10)12-11-6)9(14)13-4-2-3-5-13/h2-3H,4-5H2,1H3,(H3,10,11,12). The van der Waals surface area contributed by atoms with E-state index in [0.717, 1.165) is 5.69 Å². The first-order valence-electron chi connectivity index (χ1n) is 4.45. The Hall–Kier alpha value is -1.78. The first-order chi connectivity index (χ1) is 6.70. The van der Waals surface area contributed by atoms with Gasteiger partial charge in [0.25, 0.3) is 5.91 Å². The van der Waals surface area contributed by atoms with Crippen LogP contribution < -0.4 is 5.73 Å². The molecule has 74 valence electrons. The molecule has 1 aliphatic heterocycles. The number of nitrogens with two attached hydrogens (primary N) is 1. The summed E-state index contributed by atoms with van der Waals surface area (Å²) in [5, 5.41) is 6.49. The molecule has 0 aromatic carbocycles. The molecule has 2 heterocycles. The van der Waals surface area contributed by atoms with Gasteiger partial charge in [0, 0.05) is 18.8 Å². The second kappa shape index (κ2) is 3.17. The number of carbonyl (C=O) groups is 1. The number of carbonyl (C=O) groups excluding carboxylic acids is 1. The molecule has 0 atom stereocenters. The van der Waals surface area contributed by atoms with Gasteiger partial charge in [-0.15, -0.1) is 0 Å². The summed E-state index contributed by atoms with van der Waals surface area (Å²) in [6.45, 7) is 3.10. The molecule has 1 aromatic rings. The molecule has 2 rings (SSSR count). The van der Waals surface area contributed by atoms with Crippen molar-refractivity contribution in [1.29, 1.82) is 0 Å². The van der Waals surface area contributed by atoms with Crippen LogP contribution >= 0.6 is 0 Å². The lowest BCUT2D eigenvalue weighted by Crippen LogP contribution is -2.29. The zero-order chi connectivity index (χ0) is 10.1. The maximum atomic E-state index is 11.9. The number of nitrogens with zero attached hydrogens (tertiary/aromatic N) is 2. The molecule has 1 amide bonds. The average molecular weight is 192 g/mol. The van der Waals surface area contributed by atoms with Crippen molar-refractivity contribution in [3.05, 3.63) is 23.4 Å². The van der Waals surface area contributed by atoms with E-state index in [9.17, 15) is 4.79 Å². The van der Waals surface area contributed by atoms with Gasteiger partial charge in [0.15, 0.2) is 5.82 Å². The van der Waals surface area contributed by atoms with Gasteiger partial charge in [0.2, 0.25) is 0 Å². The summed E-state index contributed by atoms with van der Waals surface area (Å²) in [5.41, 5.74) is 6.82. The number of H-pyrrole nitrogens is 1. The van der Waals surface area contributed by atoms with Gasteiger partial charge < -0.3 is 10.6 Å². The van der Waals surface area contributed by atoms with Crippen LogP contribution in [0.1, 0.15) is 16.1 Å². The molecule has 0 bridgehead atoms. The van der Waals surface area contributed by atoms with Crippen molar-refractivity contribution >= 4 is 11.7 Å². The van der Waals surface area contributed by atoms with E-state index in [1.807, 2.05) is 12.2 Å². The quantitative estimate of drug-likeness (QED) is 0.629. The highest BCUT2D eigenvalue weighted by atomic mass is 16.2. The molecule has 1 aromatic heterocycles. The fourth-order valence-electron chi connectivity index (χ4n) is 1.52. The van der Waals surface area contributed by atoms with Crippen molar-refractivity contribution < 1.29 is 4.79 Å². The molecule has 0 radical (unpaired) electrons. The van der Waals surface area contributed by atoms with Crippen molar-refractivity contribution in [2.24, 2.45) is 0 Å². The molecule has 3 N–H and O–H groups in total. The molecule has 0 aliphatic carbocycles. The van der Waals surface area contributed by atoms with Gasteiger partial charge >= 0.3 is 0 Å². The first kappa shape index (κ1) is 8.80. The van der Waals surface area contributed by atoms with E-state index in [2.05, 4.69) is 10.2 Å². The molecule has 0 saturated carbocycles. The van der Waals surface area contributed by atoms with Gasteiger partial charge in [0.05, 0.1) is 0 Å². The van der Waals surface area contributed by atoms with E-state index >= 15 is 0 Å². The summed E-state index contributed by atoms with van der Waals surface area (Å²) >= 11 is 0. The van der Waals surface area contributed by atoms with E-state index in [1.165, 1.54) is 0 Å². The van der Waals surface area contributed by atoms with Gasteiger partial charge in [-0.1, -0.05) is 12.2 Å². The normalized spacial score (nSPS) is 15.1. The summed E-state index contributed by atoms with van der Waals surface area (Å²) in [4.78, 5) is 13.6. The summed E-state index contributed by atoms with van der Waals surface area (Å²) in [6.07, 6.45) is 3.92. The van der Waals surface area contributed by atoms with Crippen LogP contribution in [0.3, 0.4) is 0 Å². The van der Waals surface area contributed by atoms with Crippen molar-refractivity contribution in [3.63, 3.8) is 0 Å². The van der Waals surface area contributed by atoms with Crippen LogP contribution in [0.5, 0.6) is 0 Å². The molecule has 0 saturated heterocycles. The van der Waals surface area contributed by atoms with E-state index in [-0.39, 0.29) is 11.7 Å². The summed E-state index contributed by atoms with van der Waals surface area (Å²) in [7, 11) is 0. The van der Waals surface area contributed by atoms with Gasteiger partial charge in [-0.2, -0.15) is 5.10 Å². The third-order valence-corrected chi connectivity index (χ3v) is 2.29. The van der Waals surface area contributed by atoms with E-state index in [1.54, 1.807) is 11.8 Å². The Balaban J connectivity index is 2.26. The molecule has 0 spiro atoms. The molecule has 1 aliphatic rings. The largest absolute Gasteiger partial charge is 0.382 e. The number of rotatable bonds is 1. The SMILES string of the molecule is Cc1[nH]nc(N)c1C(=O)N1CC=CC1. The minimum Gasteiger partial charge on any atom is -0.382 e. The lowest BCUT2D eigenvalue weighted by molar-refractivity contribution is 0.0800. The predicted molar refractivity (Wildman–Crippen MR) is 52.8 cm³/mol. The topological polar surface area (TPSA) is 75.0 Å². The fourth-order valence-corrected chi connectivity index (χ4v) is 1.52. The molecule has 14 heavy (non-hydrogen) atoms.